The van der Waals surface area contributed by atoms with Gasteiger partial charge in [-0.05, 0) is 19.3 Å². The van der Waals surface area contributed by atoms with E-state index in [2.05, 4.69) is 14.7 Å². The van der Waals surface area contributed by atoms with Crippen LogP contribution in [-0.4, -0.2) is 35.6 Å². The minimum atomic E-state index is -3.42. The number of esters is 1. The molecule has 1 fully saturated rings. The molecular weight excluding hydrogens is 270 g/mol. The van der Waals surface area contributed by atoms with Gasteiger partial charge in [-0.2, -0.15) is 0 Å². The fraction of sp³-hybridized carbons (Fsp3) is 0.545. The van der Waals surface area contributed by atoms with Gasteiger partial charge in [0, 0.05) is 12.3 Å². The van der Waals surface area contributed by atoms with Gasteiger partial charge < -0.3 is 4.74 Å². The molecule has 2 rings (SSSR count). The van der Waals surface area contributed by atoms with Crippen molar-refractivity contribution in [1.82, 2.24) is 14.7 Å². The molecule has 1 aliphatic carbocycles. The van der Waals surface area contributed by atoms with Crippen LogP contribution in [0.1, 0.15) is 26.2 Å². The van der Waals surface area contributed by atoms with Gasteiger partial charge in [-0.3, -0.25) is 0 Å². The van der Waals surface area contributed by atoms with Crippen molar-refractivity contribution in [3.05, 3.63) is 18.6 Å². The maximum atomic E-state index is 11.9. The molecule has 1 unspecified atom stereocenters. The Morgan fingerprint density at radius 1 is 1.58 bits per heavy atom. The molecule has 0 bridgehead atoms. The Labute approximate surface area is 111 Å². The third kappa shape index (κ3) is 3.71. The number of nitrogens with one attached hydrogen (secondary N) is 1. The summed E-state index contributed by atoms with van der Waals surface area (Å²) < 4.78 is 30.9. The highest BCUT2D eigenvalue weighted by Crippen LogP contribution is 2.27. The number of carbonyl (C=O) groups is 1. The highest BCUT2D eigenvalue weighted by molar-refractivity contribution is 7.90. The Morgan fingerprint density at radius 3 is 2.84 bits per heavy atom. The molecule has 104 valence electrons. The van der Waals surface area contributed by atoms with Crippen molar-refractivity contribution in [2.24, 2.45) is 0 Å². The molecule has 0 spiro atoms. The monoisotopic (exact) mass is 285 g/mol. The van der Waals surface area contributed by atoms with E-state index in [-0.39, 0.29) is 11.1 Å². The van der Waals surface area contributed by atoms with Gasteiger partial charge in [0.2, 0.25) is 15.9 Å². The predicted molar refractivity (Wildman–Crippen MR) is 66.8 cm³/mol. The summed E-state index contributed by atoms with van der Waals surface area (Å²) in [6.07, 6.45) is 4.29. The fourth-order valence-electron chi connectivity index (χ4n) is 1.48. The lowest BCUT2D eigenvalue weighted by atomic mass is 10.2. The summed E-state index contributed by atoms with van der Waals surface area (Å²) in [5, 5.41) is -0.367. The first-order valence-electron chi connectivity index (χ1n) is 6.01. The Morgan fingerprint density at radius 2 is 2.32 bits per heavy atom. The van der Waals surface area contributed by atoms with Gasteiger partial charge >= 0.3 is 5.97 Å². The lowest BCUT2D eigenvalue weighted by Gasteiger charge is -2.15. The smallest absolute Gasteiger partial charge is 0.330 e. The molecule has 8 heteroatoms. The number of hydrogen-bond acceptors (Lipinski definition) is 6. The van der Waals surface area contributed by atoms with Crippen LogP contribution in [0, 0.1) is 0 Å². The molecule has 1 heterocycles. The standard InChI is InChI=1S/C11H15N3O4S/c1-2-9(14-19(16,17)8-3-4-8)11(15)18-10-5-6-12-7-13-10/h5-9,14H,2-4H2,1H3. The molecule has 19 heavy (non-hydrogen) atoms. The van der Waals surface area contributed by atoms with Gasteiger partial charge in [-0.15, -0.1) is 0 Å². The molecule has 1 aliphatic rings. The number of sulfonamides is 1. The second-order valence-electron chi connectivity index (χ2n) is 4.29. The van der Waals surface area contributed by atoms with Crippen LogP contribution in [0.15, 0.2) is 18.6 Å². The Kier molecular flexibility index (Phi) is 4.11. The van der Waals surface area contributed by atoms with Crippen LogP contribution in [0.4, 0.5) is 0 Å². The second kappa shape index (κ2) is 5.62. The van der Waals surface area contributed by atoms with Gasteiger partial charge in [0.05, 0.1) is 5.25 Å². The van der Waals surface area contributed by atoms with Crippen LogP contribution in [0.2, 0.25) is 0 Å². The first-order chi connectivity index (χ1) is 9.03. The third-order valence-corrected chi connectivity index (χ3v) is 4.68. The van der Waals surface area contributed by atoms with Crippen LogP contribution in [0.5, 0.6) is 5.88 Å². The zero-order chi connectivity index (χ0) is 13.9. The van der Waals surface area contributed by atoms with E-state index in [1.54, 1.807) is 6.92 Å². The molecule has 1 aromatic heterocycles. The zero-order valence-corrected chi connectivity index (χ0v) is 11.3. The van der Waals surface area contributed by atoms with E-state index in [0.717, 1.165) is 0 Å². The number of nitrogens with zero attached hydrogens (tertiary/aromatic N) is 2. The highest BCUT2D eigenvalue weighted by atomic mass is 32.2. The quantitative estimate of drug-likeness (QED) is 0.752. The van der Waals surface area contributed by atoms with Crippen LogP contribution in [0.25, 0.3) is 0 Å². The van der Waals surface area contributed by atoms with Gasteiger partial charge in [-0.25, -0.2) is 27.9 Å². The van der Waals surface area contributed by atoms with E-state index in [1.165, 1.54) is 18.6 Å². The molecule has 0 saturated heterocycles. The number of ether oxygens (including phenoxy) is 1. The van der Waals surface area contributed by atoms with E-state index in [0.29, 0.717) is 19.3 Å². The number of rotatable bonds is 6. The minimum Gasteiger partial charge on any atom is -0.406 e. The average molecular weight is 285 g/mol. The average Bonchev–Trinajstić information content (AvgIpc) is 3.21. The minimum absolute atomic E-state index is 0.101. The zero-order valence-electron chi connectivity index (χ0n) is 10.4. The van der Waals surface area contributed by atoms with E-state index in [1.807, 2.05) is 0 Å². The lowest BCUT2D eigenvalue weighted by Crippen LogP contribution is -2.43. The lowest BCUT2D eigenvalue weighted by molar-refractivity contribution is -0.136. The van der Waals surface area contributed by atoms with Gasteiger partial charge in [0.15, 0.2) is 0 Å². The van der Waals surface area contributed by atoms with Crippen LogP contribution in [-0.2, 0) is 14.8 Å². The maximum Gasteiger partial charge on any atom is 0.330 e. The summed E-state index contributed by atoms with van der Waals surface area (Å²) in [6, 6.07) is 0.542. The van der Waals surface area contributed by atoms with E-state index in [9.17, 15) is 13.2 Å². The van der Waals surface area contributed by atoms with E-state index >= 15 is 0 Å². The summed E-state index contributed by atoms with van der Waals surface area (Å²) in [5.41, 5.74) is 0. The summed E-state index contributed by atoms with van der Waals surface area (Å²) in [7, 11) is -3.42. The van der Waals surface area contributed by atoms with Crippen molar-refractivity contribution in [1.29, 1.82) is 0 Å². The number of aromatic nitrogens is 2. The molecule has 0 aliphatic heterocycles. The van der Waals surface area contributed by atoms with Crippen molar-refractivity contribution in [2.45, 2.75) is 37.5 Å². The predicted octanol–water partition coefficient (Wildman–Crippen LogP) is 0.242. The molecule has 7 nitrogen and oxygen atoms in total. The maximum absolute atomic E-state index is 11.9. The summed E-state index contributed by atoms with van der Waals surface area (Å²) in [6.45, 7) is 1.71. The van der Waals surface area contributed by atoms with Crippen LogP contribution >= 0.6 is 0 Å². The summed E-state index contributed by atoms with van der Waals surface area (Å²) >= 11 is 0. The molecule has 0 aromatic carbocycles. The van der Waals surface area contributed by atoms with Gasteiger partial charge in [0.25, 0.3) is 0 Å². The summed E-state index contributed by atoms with van der Waals surface area (Å²) in [4.78, 5) is 19.3. The number of hydrogen-bond donors (Lipinski definition) is 1. The molecule has 0 amide bonds. The molecular formula is C11H15N3O4S. The van der Waals surface area contributed by atoms with Crippen molar-refractivity contribution in [3.63, 3.8) is 0 Å². The summed E-state index contributed by atoms with van der Waals surface area (Å²) in [5.74, 6) is -0.561. The van der Waals surface area contributed by atoms with Crippen molar-refractivity contribution in [2.75, 3.05) is 0 Å². The Balaban J connectivity index is 1.99. The van der Waals surface area contributed by atoms with E-state index in [4.69, 9.17) is 4.74 Å². The number of carbonyl (C=O) groups excluding carboxylic acids is 1. The Hall–Kier alpha value is -1.54. The van der Waals surface area contributed by atoms with Gasteiger partial charge in [0.1, 0.15) is 12.4 Å². The molecule has 1 aromatic rings. The Bertz CT molecular complexity index is 542. The largest absolute Gasteiger partial charge is 0.406 e. The SMILES string of the molecule is CCC(NS(=O)(=O)C1CC1)C(=O)Oc1ccncn1. The van der Waals surface area contributed by atoms with Crippen molar-refractivity contribution < 1.29 is 17.9 Å². The topological polar surface area (TPSA) is 98.2 Å². The fourth-order valence-corrected chi connectivity index (χ4v) is 3.09. The normalized spacial score (nSPS) is 16.9. The van der Waals surface area contributed by atoms with Crippen molar-refractivity contribution in [3.8, 4) is 5.88 Å². The van der Waals surface area contributed by atoms with Crippen LogP contribution < -0.4 is 9.46 Å². The highest BCUT2D eigenvalue weighted by Gasteiger charge is 2.38. The molecule has 1 N–H and O–H groups in total. The first kappa shape index (κ1) is 13.9. The van der Waals surface area contributed by atoms with Crippen LogP contribution in [0.3, 0.4) is 0 Å². The van der Waals surface area contributed by atoms with Crippen molar-refractivity contribution >= 4 is 16.0 Å². The van der Waals surface area contributed by atoms with Gasteiger partial charge in [-0.1, -0.05) is 6.92 Å². The molecule has 1 atom stereocenters. The first-order valence-corrected chi connectivity index (χ1v) is 7.56. The molecule has 1 saturated carbocycles. The molecule has 0 radical (unpaired) electrons. The van der Waals surface area contributed by atoms with E-state index < -0.39 is 22.0 Å². The third-order valence-electron chi connectivity index (χ3n) is 2.72. The second-order valence-corrected chi connectivity index (χ2v) is 6.28.